The molecule has 0 aliphatic carbocycles. The predicted molar refractivity (Wildman–Crippen MR) is 86.1 cm³/mol. The van der Waals surface area contributed by atoms with Crippen molar-refractivity contribution in [1.29, 1.82) is 0 Å². The van der Waals surface area contributed by atoms with Crippen molar-refractivity contribution >= 4 is 36.8 Å². The van der Waals surface area contributed by atoms with Crippen LogP contribution < -0.4 is 15.2 Å². The van der Waals surface area contributed by atoms with Gasteiger partial charge in [0.1, 0.15) is 0 Å². The molecule has 2 rings (SSSR count). The largest absolute Gasteiger partial charge is 0.598 e. The molecule has 1 N–H and O–H groups in total. The molecule has 0 aliphatic heterocycles. The van der Waals surface area contributed by atoms with Crippen LogP contribution >= 0.6 is 0 Å². The summed E-state index contributed by atoms with van der Waals surface area (Å²) >= 11 is 10.7. The molecule has 2 aromatic rings. The summed E-state index contributed by atoms with van der Waals surface area (Å²) in [6, 6.07) is 0. The Labute approximate surface area is 133 Å². The zero-order valence-electron chi connectivity index (χ0n) is 12.2. The van der Waals surface area contributed by atoms with Gasteiger partial charge >= 0.3 is 5.69 Å². The molecule has 0 saturated heterocycles. The van der Waals surface area contributed by atoms with Crippen LogP contribution in [0.15, 0.2) is 9.59 Å². The SMILES string of the molecule is CCCCc1n([S-])c2c(=O)[nH]c(=O)n(CCCC)c2[n+]1[S-]. The number of imidazole rings is 1. The van der Waals surface area contributed by atoms with Crippen LogP contribution in [0, 0.1) is 0 Å². The van der Waals surface area contributed by atoms with E-state index in [2.05, 4.69) is 11.9 Å². The minimum atomic E-state index is -0.473. The summed E-state index contributed by atoms with van der Waals surface area (Å²) in [5.41, 5.74) is -0.170. The lowest BCUT2D eigenvalue weighted by molar-refractivity contribution is -0.477. The first-order chi connectivity index (χ1) is 10.0. The molecule has 6 nitrogen and oxygen atoms in total. The Kier molecular flexibility index (Phi) is 5.00. The third-order valence-electron chi connectivity index (χ3n) is 3.50. The fraction of sp³-hybridized carbons (Fsp3) is 0.615. The van der Waals surface area contributed by atoms with E-state index in [1.54, 1.807) is 0 Å². The van der Waals surface area contributed by atoms with Gasteiger partial charge in [0.15, 0.2) is 5.82 Å². The van der Waals surface area contributed by atoms with Crippen LogP contribution in [0.25, 0.3) is 11.2 Å². The summed E-state index contributed by atoms with van der Waals surface area (Å²) in [6.45, 7) is 4.64. The van der Waals surface area contributed by atoms with Crippen LogP contribution in [0.2, 0.25) is 0 Å². The van der Waals surface area contributed by atoms with Crippen molar-refractivity contribution in [3.05, 3.63) is 26.7 Å². The molecule has 0 radical (unpaired) electrons. The quantitative estimate of drug-likeness (QED) is 0.621. The number of rotatable bonds is 6. The number of aromatic nitrogens is 4. The van der Waals surface area contributed by atoms with Crippen molar-refractivity contribution in [1.82, 2.24) is 13.5 Å². The maximum absolute atomic E-state index is 12.1. The summed E-state index contributed by atoms with van der Waals surface area (Å²) in [4.78, 5) is 26.5. The van der Waals surface area contributed by atoms with Gasteiger partial charge in [-0.1, -0.05) is 26.7 Å². The first kappa shape index (κ1) is 16.0. The average Bonchev–Trinajstić information content (AvgIpc) is 2.69. The van der Waals surface area contributed by atoms with Crippen LogP contribution in [0.5, 0.6) is 0 Å². The number of unbranched alkanes of at least 4 members (excludes halogenated alkanes) is 2. The molecule has 0 fully saturated rings. The van der Waals surface area contributed by atoms with Gasteiger partial charge in [0.05, 0.1) is 6.54 Å². The van der Waals surface area contributed by atoms with Gasteiger partial charge in [0.25, 0.3) is 11.2 Å². The average molecular weight is 327 g/mol. The summed E-state index contributed by atoms with van der Waals surface area (Å²) in [6.07, 6.45) is 4.41. The van der Waals surface area contributed by atoms with E-state index in [1.807, 2.05) is 6.92 Å². The van der Waals surface area contributed by atoms with E-state index in [0.717, 1.165) is 25.7 Å². The number of nitrogens with one attached hydrogen (secondary N) is 1. The predicted octanol–water partition coefficient (Wildman–Crippen LogP) is 0.541. The second-order valence-electron chi connectivity index (χ2n) is 5.05. The van der Waals surface area contributed by atoms with Crippen molar-refractivity contribution < 1.29 is 3.97 Å². The molecule has 0 bridgehead atoms. The monoisotopic (exact) mass is 327 g/mol. The molecule has 2 aromatic heterocycles. The van der Waals surface area contributed by atoms with Gasteiger partial charge in [-0.25, -0.2) is 9.36 Å². The maximum atomic E-state index is 12.1. The summed E-state index contributed by atoms with van der Waals surface area (Å²) < 4.78 is 4.40. The molecule has 2 heterocycles. The van der Waals surface area contributed by atoms with Crippen LogP contribution in [0.3, 0.4) is 0 Å². The highest BCUT2D eigenvalue weighted by Gasteiger charge is 2.20. The third kappa shape index (κ3) is 2.82. The van der Waals surface area contributed by atoms with Gasteiger partial charge in [-0.15, -0.1) is 0 Å². The van der Waals surface area contributed by atoms with Crippen molar-refractivity contribution in [2.45, 2.75) is 52.5 Å². The third-order valence-corrected chi connectivity index (χ3v) is 4.28. The van der Waals surface area contributed by atoms with Crippen molar-refractivity contribution in [3.63, 3.8) is 0 Å². The topological polar surface area (TPSA) is 63.7 Å². The molecule has 21 heavy (non-hydrogen) atoms. The van der Waals surface area contributed by atoms with Crippen LogP contribution in [0.4, 0.5) is 0 Å². The highest BCUT2D eigenvalue weighted by atomic mass is 32.1. The number of H-pyrrole nitrogens is 1. The Hall–Kier alpha value is -1.41. The van der Waals surface area contributed by atoms with Gasteiger partial charge in [-0.3, -0.25) is 9.78 Å². The van der Waals surface area contributed by atoms with Gasteiger partial charge in [-0.05, 0) is 12.8 Å². The Morgan fingerprint density at radius 3 is 2.48 bits per heavy atom. The highest BCUT2D eigenvalue weighted by Crippen LogP contribution is 2.10. The minimum absolute atomic E-state index is 0.293. The normalized spacial score (nSPS) is 11.3. The summed E-state index contributed by atoms with van der Waals surface area (Å²) in [5, 5.41) is 0. The van der Waals surface area contributed by atoms with Crippen LogP contribution in [-0.2, 0) is 38.6 Å². The van der Waals surface area contributed by atoms with Crippen molar-refractivity contribution in [2.24, 2.45) is 0 Å². The van der Waals surface area contributed by atoms with Crippen LogP contribution in [-0.4, -0.2) is 13.5 Å². The molecule has 0 atom stereocenters. The Bertz CT molecular complexity index is 760. The molecule has 0 spiro atoms. The van der Waals surface area contributed by atoms with E-state index in [4.69, 9.17) is 25.6 Å². The number of nitrogens with zero attached hydrogens (tertiary/aromatic N) is 3. The zero-order chi connectivity index (χ0) is 15.6. The van der Waals surface area contributed by atoms with Crippen molar-refractivity contribution in [3.8, 4) is 0 Å². The van der Waals surface area contributed by atoms with Crippen LogP contribution in [0.1, 0.15) is 45.4 Å². The van der Waals surface area contributed by atoms with E-state index in [0.29, 0.717) is 30.0 Å². The number of aryl methyl sites for hydroxylation is 1. The number of hydrogen-bond acceptors (Lipinski definition) is 4. The standard InChI is InChI=1S/C13H19N4O2S2/c1-3-5-7-9-16(20)10-11(18)14-13(19)15(8-6-4-2)12(10)17(9)21/h3-8H2,1-2H3,(H,14,18,19)/q-1. The second kappa shape index (κ2) is 6.57. The Balaban J connectivity index is 2.74. The lowest BCUT2D eigenvalue weighted by atomic mass is 10.2. The molecule has 0 aliphatic rings. The smallest absolute Gasteiger partial charge is 0.386 e. The fourth-order valence-corrected chi connectivity index (χ4v) is 3.08. The molecular weight excluding hydrogens is 308 g/mol. The van der Waals surface area contributed by atoms with Crippen molar-refractivity contribution in [2.75, 3.05) is 0 Å². The zero-order valence-corrected chi connectivity index (χ0v) is 13.9. The highest BCUT2D eigenvalue weighted by molar-refractivity contribution is 7.57. The molecule has 8 heteroatoms. The molecule has 0 aromatic carbocycles. The van der Waals surface area contributed by atoms with E-state index in [1.165, 1.54) is 12.5 Å². The molecule has 0 saturated carbocycles. The molecule has 0 unspecified atom stereocenters. The second-order valence-corrected chi connectivity index (χ2v) is 5.78. The van der Waals surface area contributed by atoms with E-state index in [9.17, 15) is 9.59 Å². The van der Waals surface area contributed by atoms with Gasteiger partial charge in [0, 0.05) is 6.42 Å². The number of hydrogen-bond donors (Lipinski definition) is 1. The minimum Gasteiger partial charge on any atom is -0.598 e. The van der Waals surface area contributed by atoms with Gasteiger partial charge in [-0.2, -0.15) is 0 Å². The number of fused-ring (bicyclic) bond motifs is 1. The number of aromatic amines is 1. The van der Waals surface area contributed by atoms with Gasteiger partial charge in [0.2, 0.25) is 5.52 Å². The van der Waals surface area contributed by atoms with E-state index >= 15 is 0 Å². The summed E-state index contributed by atoms with van der Waals surface area (Å²) in [7, 11) is 0. The molecular formula is C13H19N4O2S2-. The Morgan fingerprint density at radius 2 is 1.86 bits per heavy atom. The first-order valence-corrected chi connectivity index (χ1v) is 7.93. The molecule has 116 valence electrons. The maximum Gasteiger partial charge on any atom is 0.386 e. The first-order valence-electron chi connectivity index (χ1n) is 7.20. The van der Waals surface area contributed by atoms with E-state index in [-0.39, 0.29) is 0 Å². The van der Waals surface area contributed by atoms with Gasteiger partial charge < -0.3 is 33.6 Å². The summed E-state index contributed by atoms with van der Waals surface area (Å²) in [5.74, 6) is 0.707. The lowest BCUT2D eigenvalue weighted by Crippen LogP contribution is -2.39. The Morgan fingerprint density at radius 1 is 1.19 bits per heavy atom. The van der Waals surface area contributed by atoms with E-state index < -0.39 is 11.2 Å². The fourth-order valence-electron chi connectivity index (χ4n) is 2.33. The molecule has 0 amide bonds. The lowest BCUT2D eigenvalue weighted by Gasteiger charge is -2.11.